The highest BCUT2D eigenvalue weighted by Crippen LogP contribution is 2.27. The normalized spacial score (nSPS) is 11.1. The first-order valence-corrected chi connectivity index (χ1v) is 10.7. The number of aromatic nitrogens is 5. The van der Waals surface area contributed by atoms with Crippen molar-refractivity contribution in [3.8, 4) is 22.9 Å². The van der Waals surface area contributed by atoms with Gasteiger partial charge in [0.1, 0.15) is 5.75 Å². The predicted molar refractivity (Wildman–Crippen MR) is 122 cm³/mol. The van der Waals surface area contributed by atoms with Gasteiger partial charge < -0.3 is 14.1 Å². The van der Waals surface area contributed by atoms with Gasteiger partial charge in [-0.3, -0.25) is 4.79 Å². The van der Waals surface area contributed by atoms with Crippen molar-refractivity contribution in [1.29, 1.82) is 0 Å². The summed E-state index contributed by atoms with van der Waals surface area (Å²) in [6.45, 7) is 5.74. The van der Waals surface area contributed by atoms with E-state index in [9.17, 15) is 4.79 Å². The van der Waals surface area contributed by atoms with Crippen molar-refractivity contribution in [3.05, 3.63) is 70.8 Å². The zero-order valence-electron chi connectivity index (χ0n) is 18.7. The van der Waals surface area contributed by atoms with Gasteiger partial charge in [-0.2, -0.15) is 0 Å². The molecular weight excluding hydrogens is 444 g/mol. The first-order valence-electron chi connectivity index (χ1n) is 10.3. The summed E-state index contributed by atoms with van der Waals surface area (Å²) in [4.78, 5) is 15.0. The standard InChI is InChI=1S/C23H23ClN6O3/c1-14(2)29(13-20-25-27-22(33-20)18-10-5-6-11-19(18)24)23(31)21-15(3)30(28-26-21)16-8-7-9-17(12-16)32-4/h5-12,14H,13H2,1-4H3. The van der Waals surface area contributed by atoms with E-state index in [4.69, 9.17) is 20.8 Å². The van der Waals surface area contributed by atoms with E-state index in [1.54, 1.807) is 35.7 Å². The molecule has 2 aromatic heterocycles. The topological polar surface area (TPSA) is 99.2 Å². The lowest BCUT2D eigenvalue weighted by atomic mass is 10.2. The molecule has 0 aliphatic heterocycles. The van der Waals surface area contributed by atoms with E-state index >= 15 is 0 Å². The highest BCUT2D eigenvalue weighted by Gasteiger charge is 2.27. The van der Waals surface area contributed by atoms with Crippen LogP contribution in [0.2, 0.25) is 5.02 Å². The van der Waals surface area contributed by atoms with Crippen LogP contribution in [0.15, 0.2) is 52.9 Å². The highest BCUT2D eigenvalue weighted by molar-refractivity contribution is 6.33. The lowest BCUT2D eigenvalue weighted by Gasteiger charge is -2.24. The average molecular weight is 467 g/mol. The largest absolute Gasteiger partial charge is 0.497 e. The first kappa shape index (κ1) is 22.5. The Kier molecular flexibility index (Phi) is 6.41. The molecule has 0 radical (unpaired) electrons. The number of amides is 1. The number of methoxy groups -OCH3 is 1. The molecule has 2 aromatic carbocycles. The maximum atomic E-state index is 13.4. The van der Waals surface area contributed by atoms with Gasteiger partial charge in [0.25, 0.3) is 5.91 Å². The molecule has 0 N–H and O–H groups in total. The molecule has 0 spiro atoms. The molecule has 9 nitrogen and oxygen atoms in total. The molecule has 170 valence electrons. The van der Waals surface area contributed by atoms with Crippen LogP contribution in [0.1, 0.15) is 35.9 Å². The van der Waals surface area contributed by atoms with Gasteiger partial charge in [0.05, 0.1) is 35.6 Å². The molecule has 0 saturated heterocycles. The number of hydrogen-bond donors (Lipinski definition) is 0. The molecule has 0 saturated carbocycles. The molecule has 0 aliphatic carbocycles. The molecule has 4 aromatic rings. The number of carbonyl (C=O) groups is 1. The fourth-order valence-corrected chi connectivity index (χ4v) is 3.56. The van der Waals surface area contributed by atoms with Crippen molar-refractivity contribution in [2.24, 2.45) is 0 Å². The zero-order chi connectivity index (χ0) is 23.5. The van der Waals surface area contributed by atoms with Crippen molar-refractivity contribution in [3.63, 3.8) is 0 Å². The Morgan fingerprint density at radius 3 is 2.67 bits per heavy atom. The minimum atomic E-state index is -0.283. The molecule has 0 aliphatic rings. The van der Waals surface area contributed by atoms with Crippen LogP contribution in [0.3, 0.4) is 0 Å². The van der Waals surface area contributed by atoms with Gasteiger partial charge >= 0.3 is 0 Å². The van der Waals surface area contributed by atoms with E-state index in [2.05, 4.69) is 20.5 Å². The minimum Gasteiger partial charge on any atom is -0.497 e. The van der Waals surface area contributed by atoms with E-state index in [0.717, 1.165) is 5.69 Å². The maximum Gasteiger partial charge on any atom is 0.277 e. The van der Waals surface area contributed by atoms with Crippen molar-refractivity contribution in [1.82, 2.24) is 30.1 Å². The first-order chi connectivity index (χ1) is 15.9. The summed E-state index contributed by atoms with van der Waals surface area (Å²) < 4.78 is 12.7. The van der Waals surface area contributed by atoms with Gasteiger partial charge in [0.15, 0.2) is 5.69 Å². The monoisotopic (exact) mass is 466 g/mol. The summed E-state index contributed by atoms with van der Waals surface area (Å²) in [6.07, 6.45) is 0. The Morgan fingerprint density at radius 2 is 1.94 bits per heavy atom. The van der Waals surface area contributed by atoms with E-state index in [1.807, 2.05) is 50.2 Å². The molecule has 0 bridgehead atoms. The number of hydrogen-bond acceptors (Lipinski definition) is 7. The van der Waals surface area contributed by atoms with Gasteiger partial charge in [0.2, 0.25) is 11.8 Å². The van der Waals surface area contributed by atoms with Gasteiger partial charge in [-0.1, -0.05) is 35.0 Å². The van der Waals surface area contributed by atoms with Gasteiger partial charge in [0, 0.05) is 12.1 Å². The van der Waals surface area contributed by atoms with Crippen LogP contribution in [0.4, 0.5) is 0 Å². The third-order valence-electron chi connectivity index (χ3n) is 5.16. The van der Waals surface area contributed by atoms with Crippen LogP contribution in [0, 0.1) is 6.92 Å². The maximum absolute atomic E-state index is 13.4. The summed E-state index contributed by atoms with van der Waals surface area (Å²) in [5, 5.41) is 17.0. The Balaban J connectivity index is 1.59. The lowest BCUT2D eigenvalue weighted by molar-refractivity contribution is 0.0665. The molecule has 10 heteroatoms. The zero-order valence-corrected chi connectivity index (χ0v) is 19.4. The SMILES string of the molecule is COc1cccc(-n2nnc(C(=O)N(Cc3nnc(-c4ccccc4Cl)o3)C(C)C)c2C)c1. The summed E-state index contributed by atoms with van der Waals surface area (Å²) in [5.74, 6) is 0.996. The third-order valence-corrected chi connectivity index (χ3v) is 5.49. The number of carbonyl (C=O) groups excluding carboxylic acids is 1. The number of rotatable bonds is 7. The minimum absolute atomic E-state index is 0.124. The van der Waals surface area contributed by atoms with Crippen LogP contribution in [0.25, 0.3) is 17.1 Å². The quantitative estimate of drug-likeness (QED) is 0.399. The second-order valence-electron chi connectivity index (χ2n) is 7.64. The van der Waals surface area contributed by atoms with Crippen LogP contribution in [0.5, 0.6) is 5.75 Å². The highest BCUT2D eigenvalue weighted by atomic mass is 35.5. The number of nitrogens with zero attached hydrogens (tertiary/aromatic N) is 6. The Labute approximate surface area is 195 Å². The summed E-state index contributed by atoms with van der Waals surface area (Å²) in [6, 6.07) is 14.4. The average Bonchev–Trinajstić information content (AvgIpc) is 3.44. The Hall–Kier alpha value is -3.72. The number of halogens is 1. The predicted octanol–water partition coefficient (Wildman–Crippen LogP) is 4.34. The van der Waals surface area contributed by atoms with Gasteiger partial charge in [-0.25, -0.2) is 4.68 Å². The lowest BCUT2D eigenvalue weighted by Crippen LogP contribution is -2.37. The molecule has 1 amide bonds. The second-order valence-corrected chi connectivity index (χ2v) is 8.05. The van der Waals surface area contributed by atoms with E-state index in [1.165, 1.54) is 0 Å². The molecule has 0 unspecified atom stereocenters. The van der Waals surface area contributed by atoms with Crippen LogP contribution >= 0.6 is 11.6 Å². The van der Waals surface area contributed by atoms with Crippen LogP contribution in [-0.4, -0.2) is 49.1 Å². The number of ether oxygens (including phenoxy) is 1. The fraction of sp³-hybridized carbons (Fsp3) is 0.261. The van der Waals surface area contributed by atoms with Crippen LogP contribution < -0.4 is 4.74 Å². The van der Waals surface area contributed by atoms with Crippen LogP contribution in [-0.2, 0) is 6.54 Å². The Morgan fingerprint density at radius 1 is 1.15 bits per heavy atom. The summed E-state index contributed by atoms with van der Waals surface area (Å²) in [5.41, 5.74) is 2.24. The van der Waals surface area contributed by atoms with Crippen molar-refractivity contribution < 1.29 is 13.9 Å². The van der Waals surface area contributed by atoms with Crippen molar-refractivity contribution >= 4 is 17.5 Å². The number of benzene rings is 2. The smallest absolute Gasteiger partial charge is 0.277 e. The van der Waals surface area contributed by atoms with Gasteiger partial charge in [-0.05, 0) is 45.0 Å². The molecule has 4 rings (SSSR count). The molecule has 2 heterocycles. The molecular formula is C23H23ClN6O3. The molecule has 0 atom stereocenters. The Bertz CT molecular complexity index is 1280. The third kappa shape index (κ3) is 4.58. The van der Waals surface area contributed by atoms with Gasteiger partial charge in [-0.15, -0.1) is 15.3 Å². The summed E-state index contributed by atoms with van der Waals surface area (Å²) in [7, 11) is 1.59. The van der Waals surface area contributed by atoms with E-state index < -0.39 is 0 Å². The molecule has 33 heavy (non-hydrogen) atoms. The van der Waals surface area contributed by atoms with E-state index in [0.29, 0.717) is 33.8 Å². The fourth-order valence-electron chi connectivity index (χ4n) is 3.35. The second kappa shape index (κ2) is 9.41. The van der Waals surface area contributed by atoms with Crippen molar-refractivity contribution in [2.45, 2.75) is 33.4 Å². The summed E-state index contributed by atoms with van der Waals surface area (Å²) >= 11 is 6.23. The molecule has 0 fully saturated rings. The van der Waals surface area contributed by atoms with Crippen molar-refractivity contribution in [2.75, 3.05) is 7.11 Å². The van der Waals surface area contributed by atoms with E-state index in [-0.39, 0.29) is 24.2 Å².